The molecule has 11 heteroatoms. The van der Waals surface area contributed by atoms with Crippen molar-refractivity contribution >= 4 is 23.5 Å². The summed E-state index contributed by atoms with van der Waals surface area (Å²) in [5, 5.41) is 14.0. The van der Waals surface area contributed by atoms with Crippen LogP contribution in [0.2, 0.25) is 0 Å². The molecule has 31 heavy (non-hydrogen) atoms. The number of nitrogens with zero attached hydrogens (tertiary/aromatic N) is 3. The number of benzene rings is 1. The van der Waals surface area contributed by atoms with Crippen molar-refractivity contribution < 1.29 is 27.9 Å². The third-order valence-corrected chi connectivity index (χ3v) is 4.80. The molecule has 3 rings (SSSR count). The lowest BCUT2D eigenvalue weighted by Gasteiger charge is -2.33. The van der Waals surface area contributed by atoms with Crippen LogP contribution in [0.5, 0.6) is 0 Å². The fourth-order valence-electron chi connectivity index (χ4n) is 3.21. The van der Waals surface area contributed by atoms with E-state index in [0.29, 0.717) is 24.3 Å². The third-order valence-electron chi connectivity index (χ3n) is 4.80. The first-order valence-corrected chi connectivity index (χ1v) is 9.52. The van der Waals surface area contributed by atoms with Gasteiger partial charge in [-0.05, 0) is 42.8 Å². The molecule has 166 valence electrons. The van der Waals surface area contributed by atoms with Gasteiger partial charge in [-0.1, -0.05) is 0 Å². The van der Waals surface area contributed by atoms with E-state index in [4.69, 9.17) is 5.11 Å². The third kappa shape index (κ3) is 6.32. The van der Waals surface area contributed by atoms with Gasteiger partial charge in [0.15, 0.2) is 0 Å². The van der Waals surface area contributed by atoms with Crippen LogP contribution in [0.4, 0.5) is 34.1 Å². The van der Waals surface area contributed by atoms with Crippen LogP contribution in [0, 0.1) is 6.92 Å². The van der Waals surface area contributed by atoms with Crippen LogP contribution in [0.3, 0.4) is 0 Å². The standard InChI is InChI=1S/C20H22F3N5O3/c1-13-2-3-16(11-24-13)25-18(29)26-17-9-14(8-15(10-17)20(21,22)23)12-27-4-6-28(7-5-27)19(30)31/h2-3,8-11H,4-7,12H2,1H3,(H,30,31)(H2,25,26,29). The molecule has 0 spiro atoms. The predicted octanol–water partition coefficient (Wildman–Crippen LogP) is 3.85. The van der Waals surface area contributed by atoms with E-state index < -0.39 is 23.9 Å². The van der Waals surface area contributed by atoms with Crippen molar-refractivity contribution in [3.8, 4) is 0 Å². The number of amides is 3. The van der Waals surface area contributed by atoms with Crippen molar-refractivity contribution in [2.24, 2.45) is 0 Å². The number of anilines is 2. The second-order valence-corrected chi connectivity index (χ2v) is 7.23. The van der Waals surface area contributed by atoms with Crippen molar-refractivity contribution in [2.45, 2.75) is 19.6 Å². The minimum atomic E-state index is -4.58. The number of aryl methyl sites for hydroxylation is 1. The topological polar surface area (TPSA) is 97.8 Å². The van der Waals surface area contributed by atoms with Crippen molar-refractivity contribution in [1.82, 2.24) is 14.8 Å². The number of carboxylic acid groups (broad SMARTS) is 1. The van der Waals surface area contributed by atoms with E-state index in [-0.39, 0.29) is 25.3 Å². The summed E-state index contributed by atoms with van der Waals surface area (Å²) < 4.78 is 40.1. The first kappa shape index (κ1) is 22.3. The van der Waals surface area contributed by atoms with Crippen LogP contribution < -0.4 is 10.6 Å². The summed E-state index contributed by atoms with van der Waals surface area (Å²) in [6, 6.07) is 6.03. The molecule has 2 heterocycles. The predicted molar refractivity (Wildman–Crippen MR) is 108 cm³/mol. The molecule has 0 atom stereocenters. The van der Waals surface area contributed by atoms with Gasteiger partial charge in [0, 0.05) is 44.1 Å². The van der Waals surface area contributed by atoms with Crippen LogP contribution in [-0.2, 0) is 12.7 Å². The summed E-state index contributed by atoms with van der Waals surface area (Å²) >= 11 is 0. The Kier molecular flexibility index (Phi) is 6.64. The SMILES string of the molecule is Cc1ccc(NC(=O)Nc2cc(CN3CCN(C(=O)O)CC3)cc(C(F)(F)F)c2)cn1. The summed E-state index contributed by atoms with van der Waals surface area (Å²) in [6.45, 7) is 3.38. The molecule has 1 saturated heterocycles. The fourth-order valence-corrected chi connectivity index (χ4v) is 3.21. The molecule has 1 aromatic carbocycles. The molecule has 8 nitrogen and oxygen atoms in total. The maximum absolute atomic E-state index is 13.4. The molecule has 1 fully saturated rings. The Labute approximate surface area is 176 Å². The molecule has 0 radical (unpaired) electrons. The van der Waals surface area contributed by atoms with Gasteiger partial charge in [0.1, 0.15) is 0 Å². The summed E-state index contributed by atoms with van der Waals surface area (Å²) in [5.74, 6) is 0. The zero-order valence-electron chi connectivity index (χ0n) is 16.7. The molecule has 3 amide bonds. The lowest BCUT2D eigenvalue weighted by Crippen LogP contribution is -2.47. The molecular weight excluding hydrogens is 415 g/mol. The molecule has 3 N–H and O–H groups in total. The van der Waals surface area contributed by atoms with E-state index in [2.05, 4.69) is 15.6 Å². The molecule has 0 unspecified atom stereocenters. The molecule has 0 saturated carbocycles. The zero-order chi connectivity index (χ0) is 22.6. The Morgan fingerprint density at radius 3 is 2.32 bits per heavy atom. The lowest BCUT2D eigenvalue weighted by molar-refractivity contribution is -0.137. The van der Waals surface area contributed by atoms with Crippen LogP contribution >= 0.6 is 0 Å². The first-order chi connectivity index (χ1) is 14.6. The number of carbonyl (C=O) groups is 2. The van der Waals surface area contributed by atoms with Gasteiger partial charge in [-0.2, -0.15) is 13.2 Å². The minimum Gasteiger partial charge on any atom is -0.465 e. The molecule has 0 bridgehead atoms. The molecular formula is C20H22F3N5O3. The Morgan fingerprint density at radius 1 is 1.06 bits per heavy atom. The Bertz CT molecular complexity index is 942. The summed E-state index contributed by atoms with van der Waals surface area (Å²) in [7, 11) is 0. The summed E-state index contributed by atoms with van der Waals surface area (Å²) in [4.78, 5) is 30.4. The number of urea groups is 1. The number of aromatic nitrogens is 1. The smallest absolute Gasteiger partial charge is 0.416 e. The van der Waals surface area contributed by atoms with Crippen LogP contribution in [0.1, 0.15) is 16.8 Å². The van der Waals surface area contributed by atoms with Crippen molar-refractivity contribution in [3.63, 3.8) is 0 Å². The van der Waals surface area contributed by atoms with Crippen LogP contribution in [0.15, 0.2) is 36.5 Å². The fraction of sp³-hybridized carbons (Fsp3) is 0.350. The van der Waals surface area contributed by atoms with E-state index in [1.807, 2.05) is 4.90 Å². The van der Waals surface area contributed by atoms with Gasteiger partial charge >= 0.3 is 18.3 Å². The Morgan fingerprint density at radius 2 is 1.74 bits per heavy atom. The number of carbonyl (C=O) groups excluding carboxylic acids is 1. The minimum absolute atomic E-state index is 0.00608. The van der Waals surface area contributed by atoms with E-state index in [9.17, 15) is 22.8 Å². The quantitative estimate of drug-likeness (QED) is 0.675. The monoisotopic (exact) mass is 437 g/mol. The van der Waals surface area contributed by atoms with Gasteiger partial charge in [-0.3, -0.25) is 9.88 Å². The average molecular weight is 437 g/mol. The van der Waals surface area contributed by atoms with Crippen LogP contribution in [-0.4, -0.2) is 58.2 Å². The van der Waals surface area contributed by atoms with E-state index in [1.54, 1.807) is 19.1 Å². The Balaban J connectivity index is 1.72. The van der Waals surface area contributed by atoms with Crippen molar-refractivity contribution in [1.29, 1.82) is 0 Å². The maximum Gasteiger partial charge on any atom is 0.416 e. The number of rotatable bonds is 4. The highest BCUT2D eigenvalue weighted by molar-refractivity contribution is 5.99. The number of hydrogen-bond donors (Lipinski definition) is 3. The molecule has 1 aromatic heterocycles. The maximum atomic E-state index is 13.4. The van der Waals surface area contributed by atoms with Gasteiger partial charge in [-0.25, -0.2) is 9.59 Å². The average Bonchev–Trinajstić information content (AvgIpc) is 2.69. The normalized spacial score (nSPS) is 14.9. The lowest BCUT2D eigenvalue weighted by atomic mass is 10.1. The Hall–Kier alpha value is -3.34. The number of alkyl halides is 3. The van der Waals surface area contributed by atoms with E-state index in [1.165, 1.54) is 17.2 Å². The highest BCUT2D eigenvalue weighted by Gasteiger charge is 2.31. The van der Waals surface area contributed by atoms with Gasteiger partial charge in [-0.15, -0.1) is 0 Å². The van der Waals surface area contributed by atoms with Gasteiger partial charge < -0.3 is 20.6 Å². The molecule has 2 aromatic rings. The zero-order valence-corrected chi connectivity index (χ0v) is 16.7. The highest BCUT2D eigenvalue weighted by atomic mass is 19.4. The van der Waals surface area contributed by atoms with E-state index >= 15 is 0 Å². The largest absolute Gasteiger partial charge is 0.465 e. The highest BCUT2D eigenvalue weighted by Crippen LogP contribution is 2.32. The number of pyridine rings is 1. The number of nitrogens with one attached hydrogen (secondary N) is 2. The van der Waals surface area contributed by atoms with Crippen molar-refractivity contribution in [2.75, 3.05) is 36.8 Å². The second-order valence-electron chi connectivity index (χ2n) is 7.23. The second kappa shape index (κ2) is 9.21. The number of hydrogen-bond acceptors (Lipinski definition) is 4. The summed E-state index contributed by atoms with van der Waals surface area (Å²) in [5.41, 5.74) is 0.670. The first-order valence-electron chi connectivity index (χ1n) is 9.52. The number of halogens is 3. The summed E-state index contributed by atoms with van der Waals surface area (Å²) in [6.07, 6.45) is -4.14. The van der Waals surface area contributed by atoms with Gasteiger partial charge in [0.05, 0.1) is 17.4 Å². The van der Waals surface area contributed by atoms with E-state index in [0.717, 1.165) is 17.8 Å². The van der Waals surface area contributed by atoms with Gasteiger partial charge in [0.25, 0.3) is 0 Å². The molecule has 1 aliphatic rings. The number of piperazine rings is 1. The van der Waals surface area contributed by atoms with Crippen molar-refractivity contribution in [3.05, 3.63) is 53.3 Å². The molecule has 0 aliphatic carbocycles. The van der Waals surface area contributed by atoms with Crippen LogP contribution in [0.25, 0.3) is 0 Å². The van der Waals surface area contributed by atoms with Gasteiger partial charge in [0.2, 0.25) is 0 Å². The molecule has 1 aliphatic heterocycles.